The van der Waals surface area contributed by atoms with E-state index in [1.54, 1.807) is 12.1 Å². The second kappa shape index (κ2) is 8.65. The molecule has 136 valence electrons. The summed E-state index contributed by atoms with van der Waals surface area (Å²) < 4.78 is 1.98. The van der Waals surface area contributed by atoms with E-state index < -0.39 is 5.97 Å². The van der Waals surface area contributed by atoms with E-state index in [0.29, 0.717) is 5.56 Å². The molecule has 4 rings (SSSR count). The molecule has 0 fully saturated rings. The third-order valence-corrected chi connectivity index (χ3v) is 5.61. The maximum absolute atomic E-state index is 10.9. The summed E-state index contributed by atoms with van der Waals surface area (Å²) in [7, 11) is 0. The van der Waals surface area contributed by atoms with Crippen LogP contribution in [0, 0.1) is 0 Å². The predicted molar refractivity (Wildman–Crippen MR) is 116 cm³/mol. The minimum atomic E-state index is -0.895. The van der Waals surface area contributed by atoms with Gasteiger partial charge in [0.25, 0.3) is 0 Å². The summed E-state index contributed by atoms with van der Waals surface area (Å²) in [5, 5.41) is 22.0. The molecular weight excluding hydrogens is 472 g/mol. The minimum absolute atomic E-state index is 0.0911. The van der Waals surface area contributed by atoms with Crippen molar-refractivity contribution in [3.63, 3.8) is 0 Å². The molecule has 0 atom stereocenters. The van der Waals surface area contributed by atoms with Gasteiger partial charge in [-0.1, -0.05) is 86.5 Å². The van der Waals surface area contributed by atoms with E-state index in [1.807, 2.05) is 60.7 Å². The van der Waals surface area contributed by atoms with Crippen LogP contribution in [0.5, 0.6) is 0 Å². The Morgan fingerprint density at radius 3 is 1.78 bits per heavy atom. The lowest BCUT2D eigenvalue weighted by Gasteiger charge is -2.04. The fraction of sp³-hybridized carbons (Fsp3) is 0.0455. The number of aromatic carboxylic acids is 1. The Morgan fingerprint density at radius 2 is 1.19 bits per heavy atom. The summed E-state index contributed by atoms with van der Waals surface area (Å²) in [5.74, 6) is -0.895. The summed E-state index contributed by atoms with van der Waals surface area (Å²) in [6.45, 7) is 0.0911. The van der Waals surface area contributed by atoms with Gasteiger partial charge in [-0.15, -0.1) is 0 Å². The highest BCUT2D eigenvalue weighted by Crippen LogP contribution is 2.27. The molecule has 0 bridgehead atoms. The average Bonchev–Trinajstić information content (AvgIpc) is 2.68. The minimum Gasteiger partial charge on any atom is -0.478 e. The summed E-state index contributed by atoms with van der Waals surface area (Å²) in [6, 6.07) is 22.7. The lowest BCUT2D eigenvalue weighted by atomic mass is 10.1. The molecule has 0 spiro atoms. The lowest BCUT2D eigenvalue weighted by Crippen LogP contribution is -1.96. The van der Waals surface area contributed by atoms with Crippen LogP contribution in [0.4, 0.5) is 0 Å². The third-order valence-electron chi connectivity index (χ3n) is 4.23. The van der Waals surface area contributed by atoms with E-state index in [4.69, 9.17) is 10.2 Å². The fourth-order valence-corrected chi connectivity index (χ4v) is 3.93. The van der Waals surface area contributed by atoms with Crippen LogP contribution in [-0.4, -0.2) is 16.2 Å². The maximum Gasteiger partial charge on any atom is 0.336 e. The molecule has 0 saturated heterocycles. The van der Waals surface area contributed by atoms with Gasteiger partial charge in [-0.3, -0.25) is 0 Å². The second-order valence-corrected chi connectivity index (χ2v) is 7.56. The molecule has 5 heteroatoms. The normalized spacial score (nSPS) is 10.5. The molecule has 0 aliphatic rings. The molecule has 0 amide bonds. The van der Waals surface area contributed by atoms with Gasteiger partial charge in [-0.2, -0.15) is 0 Å². The van der Waals surface area contributed by atoms with Gasteiger partial charge in [-0.05, 0) is 45.3 Å². The van der Waals surface area contributed by atoms with Gasteiger partial charge < -0.3 is 10.2 Å². The van der Waals surface area contributed by atoms with Gasteiger partial charge in [0.1, 0.15) is 0 Å². The molecule has 0 radical (unpaired) electrons. The van der Waals surface area contributed by atoms with Crippen LogP contribution in [0.1, 0.15) is 15.9 Å². The predicted octanol–water partition coefficient (Wildman–Crippen LogP) is 6.40. The van der Waals surface area contributed by atoms with Gasteiger partial charge in [0.2, 0.25) is 0 Å². The number of rotatable bonds is 2. The molecule has 0 aromatic heterocycles. The van der Waals surface area contributed by atoms with Gasteiger partial charge in [0.15, 0.2) is 0 Å². The van der Waals surface area contributed by atoms with Crippen molar-refractivity contribution < 1.29 is 15.0 Å². The first-order valence-electron chi connectivity index (χ1n) is 8.20. The monoisotopic (exact) mass is 486 g/mol. The molecule has 0 heterocycles. The van der Waals surface area contributed by atoms with Crippen LogP contribution in [0.3, 0.4) is 0 Å². The fourth-order valence-electron chi connectivity index (χ4n) is 2.93. The van der Waals surface area contributed by atoms with Crippen molar-refractivity contribution in [3.8, 4) is 0 Å². The molecule has 0 aliphatic heterocycles. The average molecular weight is 488 g/mol. The van der Waals surface area contributed by atoms with Crippen molar-refractivity contribution in [3.05, 3.63) is 92.9 Å². The molecule has 4 aromatic rings. The van der Waals surface area contributed by atoms with E-state index in [0.717, 1.165) is 36.1 Å². The molecule has 0 aliphatic carbocycles. The van der Waals surface area contributed by atoms with Gasteiger partial charge in [0, 0.05) is 8.95 Å². The lowest BCUT2D eigenvalue weighted by molar-refractivity contribution is 0.0699. The number of halogens is 2. The number of hydrogen-bond donors (Lipinski definition) is 2. The summed E-state index contributed by atoms with van der Waals surface area (Å²) in [6.07, 6.45) is 0. The van der Waals surface area contributed by atoms with Gasteiger partial charge in [0.05, 0.1) is 12.2 Å². The molecular formula is C22H16Br2O3. The Bertz CT molecular complexity index is 1120. The molecule has 2 N–H and O–H groups in total. The standard InChI is InChI=1S/C11H7BrO2.C11H9BrO/c12-10-6-2-3-7-8(10)4-1-5-9(7)11(13)14;12-11-6-2-4-9-8(7-13)3-1-5-10(9)11/h1-6H,(H,13,14);1-6,13H,7H2. The van der Waals surface area contributed by atoms with Crippen LogP contribution in [-0.2, 0) is 6.61 Å². The van der Waals surface area contributed by atoms with Crippen molar-refractivity contribution in [2.24, 2.45) is 0 Å². The van der Waals surface area contributed by atoms with E-state index in [9.17, 15) is 4.79 Å². The van der Waals surface area contributed by atoms with Crippen LogP contribution >= 0.6 is 31.9 Å². The third kappa shape index (κ3) is 4.21. The molecule has 27 heavy (non-hydrogen) atoms. The highest BCUT2D eigenvalue weighted by Gasteiger charge is 2.08. The first-order chi connectivity index (χ1) is 13.0. The Morgan fingerprint density at radius 1 is 0.704 bits per heavy atom. The van der Waals surface area contributed by atoms with Gasteiger partial charge >= 0.3 is 5.97 Å². The molecule has 0 unspecified atom stereocenters. The zero-order valence-corrected chi connectivity index (χ0v) is 17.4. The summed E-state index contributed by atoms with van der Waals surface area (Å²) >= 11 is 6.87. The zero-order valence-electron chi connectivity index (χ0n) is 14.2. The SMILES string of the molecule is O=C(O)c1cccc2c(Br)cccc12.OCc1cccc2c(Br)cccc12. The topological polar surface area (TPSA) is 57.5 Å². The largest absolute Gasteiger partial charge is 0.478 e. The molecule has 3 nitrogen and oxygen atoms in total. The number of fused-ring (bicyclic) bond motifs is 2. The first-order valence-corrected chi connectivity index (χ1v) is 9.79. The number of hydrogen-bond acceptors (Lipinski definition) is 2. The highest BCUT2D eigenvalue weighted by molar-refractivity contribution is 9.11. The van der Waals surface area contributed by atoms with Crippen molar-refractivity contribution in [1.29, 1.82) is 0 Å². The molecule has 4 aromatic carbocycles. The van der Waals surface area contributed by atoms with Crippen molar-refractivity contribution in [1.82, 2.24) is 0 Å². The van der Waals surface area contributed by atoms with Crippen LogP contribution in [0.2, 0.25) is 0 Å². The van der Waals surface area contributed by atoms with E-state index in [-0.39, 0.29) is 6.61 Å². The van der Waals surface area contributed by atoms with Crippen molar-refractivity contribution in [2.75, 3.05) is 0 Å². The first kappa shape index (κ1) is 19.5. The Hall–Kier alpha value is -2.21. The highest BCUT2D eigenvalue weighted by atomic mass is 79.9. The van der Waals surface area contributed by atoms with Gasteiger partial charge in [-0.25, -0.2) is 4.79 Å². The maximum atomic E-state index is 10.9. The number of carboxylic acid groups (broad SMARTS) is 1. The number of aliphatic hydroxyl groups excluding tert-OH is 1. The van der Waals surface area contributed by atoms with Crippen LogP contribution in [0.15, 0.2) is 81.7 Å². The zero-order chi connectivity index (χ0) is 19.4. The molecule has 0 saturated carbocycles. The van der Waals surface area contributed by atoms with Crippen LogP contribution in [0.25, 0.3) is 21.5 Å². The quantitative estimate of drug-likeness (QED) is 0.344. The number of aliphatic hydroxyl groups is 1. The second-order valence-electron chi connectivity index (χ2n) is 5.86. The van der Waals surface area contributed by atoms with Crippen LogP contribution < -0.4 is 0 Å². The number of benzene rings is 4. The summed E-state index contributed by atoms with van der Waals surface area (Å²) in [5.41, 5.74) is 1.31. The summed E-state index contributed by atoms with van der Waals surface area (Å²) in [4.78, 5) is 10.9. The van der Waals surface area contributed by atoms with E-state index >= 15 is 0 Å². The van der Waals surface area contributed by atoms with E-state index in [2.05, 4.69) is 31.9 Å². The number of carbonyl (C=O) groups is 1. The Balaban J connectivity index is 0.000000156. The number of carboxylic acids is 1. The smallest absolute Gasteiger partial charge is 0.336 e. The Kier molecular flexibility index (Phi) is 6.26. The van der Waals surface area contributed by atoms with E-state index in [1.165, 1.54) is 0 Å². The van der Waals surface area contributed by atoms with Crippen molar-refractivity contribution in [2.45, 2.75) is 6.61 Å². The van der Waals surface area contributed by atoms with Crippen molar-refractivity contribution >= 4 is 59.4 Å². The Labute approximate surface area is 173 Å².